The third kappa shape index (κ3) is 3.17. The molecule has 9 heteroatoms. The summed E-state index contributed by atoms with van der Waals surface area (Å²) in [6.07, 6.45) is 1.52. The van der Waals surface area contributed by atoms with Gasteiger partial charge in [-0.2, -0.15) is 0 Å². The molecular formula is C10H10BrN3O3S2. The Kier molecular flexibility index (Phi) is 3.97. The number of rotatable bonds is 4. The number of nitrogens with two attached hydrogens (primary N) is 1. The van der Waals surface area contributed by atoms with Crippen molar-refractivity contribution >= 4 is 48.1 Å². The van der Waals surface area contributed by atoms with E-state index < -0.39 is 10.0 Å². The summed E-state index contributed by atoms with van der Waals surface area (Å²) in [5.41, 5.74) is 6.02. The number of benzene rings is 1. The van der Waals surface area contributed by atoms with Crippen LogP contribution in [0.15, 0.2) is 33.1 Å². The van der Waals surface area contributed by atoms with Crippen molar-refractivity contribution < 1.29 is 13.2 Å². The molecule has 0 aliphatic heterocycles. The number of aromatic nitrogens is 1. The molecule has 0 saturated heterocycles. The maximum atomic E-state index is 12.1. The van der Waals surface area contributed by atoms with Gasteiger partial charge < -0.3 is 10.5 Å². The minimum atomic E-state index is -3.71. The van der Waals surface area contributed by atoms with Crippen molar-refractivity contribution in [3.8, 4) is 5.75 Å². The fourth-order valence-electron chi connectivity index (χ4n) is 1.33. The number of nitrogen functional groups attached to an aromatic ring is 1. The molecule has 102 valence electrons. The molecular weight excluding hydrogens is 354 g/mol. The van der Waals surface area contributed by atoms with E-state index in [4.69, 9.17) is 10.5 Å². The number of sulfonamides is 1. The van der Waals surface area contributed by atoms with Crippen molar-refractivity contribution in [1.29, 1.82) is 0 Å². The Hall–Kier alpha value is -1.32. The first-order chi connectivity index (χ1) is 8.92. The highest BCUT2D eigenvalue weighted by Crippen LogP contribution is 2.28. The van der Waals surface area contributed by atoms with Crippen LogP contribution in [0.2, 0.25) is 0 Å². The molecule has 0 fully saturated rings. The Labute approximate surface area is 122 Å². The predicted molar refractivity (Wildman–Crippen MR) is 78.0 cm³/mol. The van der Waals surface area contributed by atoms with Crippen LogP contribution in [0.1, 0.15) is 0 Å². The zero-order valence-electron chi connectivity index (χ0n) is 9.75. The number of halogens is 1. The molecule has 0 spiro atoms. The van der Waals surface area contributed by atoms with Crippen LogP contribution in [0.4, 0.5) is 10.8 Å². The SMILES string of the molecule is COc1cc(S(=O)(=O)Nc2ncc(Br)s2)ccc1N. The molecule has 0 radical (unpaired) electrons. The lowest BCUT2D eigenvalue weighted by atomic mass is 10.3. The predicted octanol–water partition coefficient (Wildman–Crippen LogP) is 2.30. The first-order valence-corrected chi connectivity index (χ1v) is 8.09. The van der Waals surface area contributed by atoms with Gasteiger partial charge in [0.15, 0.2) is 5.13 Å². The molecule has 1 heterocycles. The van der Waals surface area contributed by atoms with E-state index in [2.05, 4.69) is 25.6 Å². The lowest BCUT2D eigenvalue weighted by Crippen LogP contribution is -2.13. The number of anilines is 2. The first kappa shape index (κ1) is 14.1. The van der Waals surface area contributed by atoms with Gasteiger partial charge in [0, 0.05) is 6.07 Å². The second-order valence-electron chi connectivity index (χ2n) is 3.48. The van der Waals surface area contributed by atoms with Crippen LogP contribution < -0.4 is 15.2 Å². The number of hydrogen-bond donors (Lipinski definition) is 2. The highest BCUT2D eigenvalue weighted by Gasteiger charge is 2.17. The largest absolute Gasteiger partial charge is 0.495 e. The molecule has 19 heavy (non-hydrogen) atoms. The second-order valence-corrected chi connectivity index (χ2v) is 7.57. The average molecular weight is 364 g/mol. The number of ether oxygens (including phenoxy) is 1. The summed E-state index contributed by atoms with van der Waals surface area (Å²) in [6.45, 7) is 0. The van der Waals surface area contributed by atoms with Gasteiger partial charge in [0.25, 0.3) is 10.0 Å². The van der Waals surface area contributed by atoms with Crippen LogP contribution in [0, 0.1) is 0 Å². The van der Waals surface area contributed by atoms with Crippen LogP contribution >= 0.6 is 27.3 Å². The minimum absolute atomic E-state index is 0.0601. The molecule has 2 rings (SSSR count). The van der Waals surface area contributed by atoms with Gasteiger partial charge in [-0.05, 0) is 28.1 Å². The maximum Gasteiger partial charge on any atom is 0.263 e. The molecule has 3 N–H and O–H groups in total. The van der Waals surface area contributed by atoms with Crippen LogP contribution in [0.5, 0.6) is 5.75 Å². The standard InChI is InChI=1S/C10H10BrN3O3S2/c1-17-8-4-6(2-3-7(8)12)19(15,16)14-10-13-5-9(11)18-10/h2-5H,12H2,1H3,(H,13,14). The lowest BCUT2D eigenvalue weighted by Gasteiger charge is -2.08. The summed E-state index contributed by atoms with van der Waals surface area (Å²) in [4.78, 5) is 3.97. The molecule has 0 saturated carbocycles. The number of thiazole rings is 1. The Morgan fingerprint density at radius 3 is 2.79 bits per heavy atom. The number of nitrogens with one attached hydrogen (secondary N) is 1. The van der Waals surface area contributed by atoms with Crippen molar-refractivity contribution in [3.63, 3.8) is 0 Å². The van der Waals surface area contributed by atoms with E-state index in [-0.39, 0.29) is 10.0 Å². The van der Waals surface area contributed by atoms with E-state index >= 15 is 0 Å². The number of methoxy groups -OCH3 is 1. The van der Waals surface area contributed by atoms with E-state index in [1.54, 1.807) is 0 Å². The first-order valence-electron chi connectivity index (χ1n) is 5.00. The van der Waals surface area contributed by atoms with Gasteiger partial charge in [-0.25, -0.2) is 13.4 Å². The summed E-state index contributed by atoms with van der Waals surface area (Å²) in [7, 11) is -2.28. The smallest absolute Gasteiger partial charge is 0.263 e. The minimum Gasteiger partial charge on any atom is -0.495 e. The van der Waals surface area contributed by atoms with Crippen LogP contribution in [-0.2, 0) is 10.0 Å². The third-order valence-electron chi connectivity index (χ3n) is 2.21. The molecule has 6 nitrogen and oxygen atoms in total. The second kappa shape index (κ2) is 5.35. The van der Waals surface area contributed by atoms with Gasteiger partial charge in [-0.15, -0.1) is 0 Å². The van der Waals surface area contributed by atoms with E-state index in [0.717, 1.165) is 3.79 Å². The van der Waals surface area contributed by atoms with Gasteiger partial charge in [0.1, 0.15) is 5.75 Å². The Bertz CT molecular complexity index is 700. The van der Waals surface area contributed by atoms with Crippen molar-refractivity contribution in [3.05, 3.63) is 28.2 Å². The zero-order chi connectivity index (χ0) is 14.0. The van der Waals surface area contributed by atoms with Crippen molar-refractivity contribution in [2.24, 2.45) is 0 Å². The van der Waals surface area contributed by atoms with Crippen molar-refractivity contribution in [2.45, 2.75) is 4.90 Å². The molecule has 1 aromatic carbocycles. The molecule has 0 aliphatic rings. The fraction of sp³-hybridized carbons (Fsp3) is 0.100. The summed E-state index contributed by atoms with van der Waals surface area (Å²) < 4.78 is 32.4. The zero-order valence-corrected chi connectivity index (χ0v) is 13.0. The van der Waals surface area contributed by atoms with Gasteiger partial charge in [-0.1, -0.05) is 11.3 Å². The van der Waals surface area contributed by atoms with Gasteiger partial charge in [0.05, 0.1) is 27.7 Å². The van der Waals surface area contributed by atoms with E-state index in [0.29, 0.717) is 11.4 Å². The number of nitrogens with zero attached hydrogens (tertiary/aromatic N) is 1. The highest BCUT2D eigenvalue weighted by atomic mass is 79.9. The summed E-state index contributed by atoms with van der Waals surface area (Å²) in [6, 6.07) is 4.24. The summed E-state index contributed by atoms with van der Waals surface area (Å²) in [5, 5.41) is 0.280. The van der Waals surface area contributed by atoms with E-state index in [9.17, 15) is 8.42 Å². The van der Waals surface area contributed by atoms with Gasteiger partial charge >= 0.3 is 0 Å². The fourth-order valence-corrected chi connectivity index (χ4v) is 3.70. The highest BCUT2D eigenvalue weighted by molar-refractivity contribution is 9.11. The number of hydrogen-bond acceptors (Lipinski definition) is 6. The average Bonchev–Trinajstić information content (AvgIpc) is 2.74. The maximum absolute atomic E-state index is 12.1. The van der Waals surface area contributed by atoms with Crippen molar-refractivity contribution in [2.75, 3.05) is 17.6 Å². The summed E-state index contributed by atoms with van der Waals surface area (Å²) >= 11 is 4.39. The lowest BCUT2D eigenvalue weighted by molar-refractivity contribution is 0.415. The van der Waals surface area contributed by atoms with Crippen LogP contribution in [-0.4, -0.2) is 20.5 Å². The quantitative estimate of drug-likeness (QED) is 0.812. The molecule has 0 unspecified atom stereocenters. The Morgan fingerprint density at radius 1 is 1.47 bits per heavy atom. The molecule has 1 aromatic heterocycles. The third-order valence-corrected chi connectivity index (χ3v) is 5.07. The van der Waals surface area contributed by atoms with Crippen LogP contribution in [0.25, 0.3) is 0 Å². The topological polar surface area (TPSA) is 94.3 Å². The molecule has 0 aliphatic carbocycles. The van der Waals surface area contributed by atoms with Gasteiger partial charge in [-0.3, -0.25) is 4.72 Å². The molecule has 0 bridgehead atoms. The van der Waals surface area contributed by atoms with Crippen LogP contribution in [0.3, 0.4) is 0 Å². The van der Waals surface area contributed by atoms with Gasteiger partial charge in [0.2, 0.25) is 0 Å². The molecule has 2 aromatic rings. The Balaban J connectivity index is 2.34. The summed E-state index contributed by atoms with van der Waals surface area (Å²) in [5.74, 6) is 0.309. The van der Waals surface area contributed by atoms with E-state index in [1.165, 1.54) is 42.8 Å². The monoisotopic (exact) mass is 363 g/mol. The van der Waals surface area contributed by atoms with Crippen molar-refractivity contribution in [1.82, 2.24) is 4.98 Å². The molecule has 0 amide bonds. The van der Waals surface area contributed by atoms with E-state index in [1.807, 2.05) is 0 Å². The molecule has 0 atom stereocenters. The normalized spacial score (nSPS) is 11.3. The Morgan fingerprint density at radius 2 is 2.21 bits per heavy atom.